The monoisotopic (exact) mass is 319 g/mol. The molecule has 0 saturated heterocycles. The summed E-state index contributed by atoms with van der Waals surface area (Å²) in [5.74, 6) is -0.970. The minimum absolute atomic E-state index is 0.0602. The van der Waals surface area contributed by atoms with Crippen LogP contribution in [0.5, 0.6) is 5.75 Å². The van der Waals surface area contributed by atoms with E-state index < -0.39 is 17.1 Å². The Morgan fingerprint density at radius 2 is 2.26 bits per heavy atom. The number of carbonyl (C=O) groups is 1. The number of ether oxygens (including phenoxy) is 1. The summed E-state index contributed by atoms with van der Waals surface area (Å²) in [5, 5.41) is 10.0. The average molecular weight is 319 g/mol. The van der Waals surface area contributed by atoms with Crippen molar-refractivity contribution in [3.63, 3.8) is 0 Å². The Morgan fingerprint density at radius 3 is 2.96 bits per heavy atom. The van der Waals surface area contributed by atoms with Crippen LogP contribution in [0.15, 0.2) is 29.6 Å². The van der Waals surface area contributed by atoms with Crippen LogP contribution in [0.2, 0.25) is 0 Å². The van der Waals surface area contributed by atoms with Gasteiger partial charge in [0.15, 0.2) is 11.4 Å². The zero-order valence-electron chi connectivity index (χ0n) is 12.6. The van der Waals surface area contributed by atoms with E-state index in [2.05, 4.69) is 10.4 Å². The van der Waals surface area contributed by atoms with Crippen LogP contribution in [0.3, 0.4) is 0 Å². The molecule has 2 aromatic rings. The molecule has 3 heterocycles. The number of hydrogen-bond acceptors (Lipinski definition) is 6. The van der Waals surface area contributed by atoms with Gasteiger partial charge in [0.05, 0.1) is 25.2 Å². The van der Waals surface area contributed by atoms with Crippen molar-refractivity contribution in [2.24, 2.45) is 0 Å². The molecule has 9 nitrogen and oxygen atoms in total. The van der Waals surface area contributed by atoms with Gasteiger partial charge in [-0.15, -0.1) is 0 Å². The van der Waals surface area contributed by atoms with E-state index >= 15 is 0 Å². The predicted octanol–water partition coefficient (Wildman–Crippen LogP) is -0.598. The molecule has 0 saturated carbocycles. The van der Waals surface area contributed by atoms with Crippen molar-refractivity contribution < 1.29 is 14.6 Å². The van der Waals surface area contributed by atoms with E-state index in [1.54, 1.807) is 30.4 Å². The SMILES string of the molecule is COCCN1CNn2c(Cn3ccnc3)cc(=O)c(O)c2C1=O. The predicted molar refractivity (Wildman–Crippen MR) is 80.8 cm³/mol. The highest BCUT2D eigenvalue weighted by atomic mass is 16.5. The Morgan fingerprint density at radius 1 is 1.43 bits per heavy atom. The summed E-state index contributed by atoms with van der Waals surface area (Å²) in [4.78, 5) is 30.0. The zero-order chi connectivity index (χ0) is 16.4. The van der Waals surface area contributed by atoms with Crippen LogP contribution in [0.1, 0.15) is 16.2 Å². The van der Waals surface area contributed by atoms with Gasteiger partial charge in [0.2, 0.25) is 5.43 Å². The fourth-order valence-corrected chi connectivity index (χ4v) is 2.47. The molecule has 1 aliphatic rings. The van der Waals surface area contributed by atoms with E-state index in [0.29, 0.717) is 25.4 Å². The molecule has 0 atom stereocenters. The second kappa shape index (κ2) is 6.13. The van der Waals surface area contributed by atoms with Gasteiger partial charge in [-0.1, -0.05) is 0 Å². The molecule has 0 unspecified atom stereocenters. The third-order valence-electron chi connectivity index (χ3n) is 3.64. The highest BCUT2D eigenvalue weighted by molar-refractivity contribution is 5.96. The standard InChI is InChI=1S/C14H17N5O4/c1-23-5-4-18-9-16-19-10(7-17-3-2-15-8-17)6-11(20)13(21)12(19)14(18)22/h2-3,6,8,16,21H,4-5,7,9H2,1H3. The number of amides is 1. The molecule has 1 aliphatic heterocycles. The van der Waals surface area contributed by atoms with Crippen molar-refractivity contribution in [1.82, 2.24) is 19.1 Å². The summed E-state index contributed by atoms with van der Waals surface area (Å²) in [6.45, 7) is 1.34. The molecule has 2 N–H and O–H groups in total. The molecule has 0 fully saturated rings. The average Bonchev–Trinajstić information content (AvgIpc) is 3.04. The van der Waals surface area contributed by atoms with E-state index in [9.17, 15) is 14.7 Å². The maximum Gasteiger partial charge on any atom is 0.277 e. The quantitative estimate of drug-likeness (QED) is 0.763. The van der Waals surface area contributed by atoms with Gasteiger partial charge in [-0.2, -0.15) is 0 Å². The molecule has 1 amide bonds. The largest absolute Gasteiger partial charge is 0.502 e. The molecule has 0 aromatic carbocycles. The van der Waals surface area contributed by atoms with Gasteiger partial charge in [0, 0.05) is 32.1 Å². The van der Waals surface area contributed by atoms with Crippen molar-refractivity contribution in [1.29, 1.82) is 0 Å². The fourth-order valence-electron chi connectivity index (χ4n) is 2.47. The van der Waals surface area contributed by atoms with Crippen LogP contribution in [0.25, 0.3) is 0 Å². The van der Waals surface area contributed by atoms with E-state index in [1.165, 1.54) is 15.6 Å². The van der Waals surface area contributed by atoms with Gasteiger partial charge in [0.1, 0.15) is 6.67 Å². The molecule has 0 bridgehead atoms. The van der Waals surface area contributed by atoms with Gasteiger partial charge >= 0.3 is 0 Å². The lowest BCUT2D eigenvalue weighted by atomic mass is 10.2. The lowest BCUT2D eigenvalue weighted by Crippen LogP contribution is -2.48. The fraction of sp³-hybridized carbons (Fsp3) is 0.357. The van der Waals surface area contributed by atoms with E-state index in [1.807, 2.05) is 0 Å². The molecule has 122 valence electrons. The summed E-state index contributed by atoms with van der Waals surface area (Å²) >= 11 is 0. The van der Waals surface area contributed by atoms with Crippen LogP contribution < -0.4 is 10.9 Å². The van der Waals surface area contributed by atoms with Gasteiger partial charge in [-0.3, -0.25) is 14.3 Å². The molecular formula is C14H17N5O4. The Bertz CT molecular complexity index is 768. The number of imidazole rings is 1. The number of rotatable bonds is 5. The number of pyridine rings is 1. The molecule has 23 heavy (non-hydrogen) atoms. The lowest BCUT2D eigenvalue weighted by Gasteiger charge is -2.32. The zero-order valence-corrected chi connectivity index (χ0v) is 12.6. The Hall–Kier alpha value is -2.81. The van der Waals surface area contributed by atoms with Crippen LogP contribution >= 0.6 is 0 Å². The third-order valence-corrected chi connectivity index (χ3v) is 3.64. The number of aromatic hydroxyl groups is 1. The van der Waals surface area contributed by atoms with Crippen molar-refractivity contribution in [2.75, 3.05) is 32.4 Å². The second-order valence-electron chi connectivity index (χ2n) is 5.15. The van der Waals surface area contributed by atoms with Crippen LogP contribution in [-0.4, -0.2) is 57.1 Å². The molecule has 0 radical (unpaired) electrons. The smallest absolute Gasteiger partial charge is 0.277 e. The highest BCUT2D eigenvalue weighted by Crippen LogP contribution is 2.19. The third kappa shape index (κ3) is 2.78. The number of fused-ring (bicyclic) bond motifs is 1. The van der Waals surface area contributed by atoms with Gasteiger partial charge in [-0.05, 0) is 0 Å². The molecule has 2 aromatic heterocycles. The van der Waals surface area contributed by atoms with Crippen molar-refractivity contribution >= 4 is 5.91 Å². The van der Waals surface area contributed by atoms with Gasteiger partial charge in [0.25, 0.3) is 5.91 Å². The number of methoxy groups -OCH3 is 1. The number of nitrogens with one attached hydrogen (secondary N) is 1. The maximum absolute atomic E-state index is 12.5. The molecule has 3 rings (SSSR count). The minimum Gasteiger partial charge on any atom is -0.502 e. The van der Waals surface area contributed by atoms with Gasteiger partial charge < -0.3 is 24.7 Å². The molecular weight excluding hydrogens is 302 g/mol. The maximum atomic E-state index is 12.5. The summed E-state index contributed by atoms with van der Waals surface area (Å²) < 4.78 is 8.19. The van der Waals surface area contributed by atoms with Crippen molar-refractivity contribution in [3.05, 3.63) is 46.4 Å². The Kier molecular flexibility index (Phi) is 4.02. The van der Waals surface area contributed by atoms with E-state index in [4.69, 9.17) is 4.74 Å². The first kappa shape index (κ1) is 15.1. The first-order valence-corrected chi connectivity index (χ1v) is 7.07. The highest BCUT2D eigenvalue weighted by Gasteiger charge is 2.29. The normalized spacial score (nSPS) is 13.8. The minimum atomic E-state index is -0.588. The van der Waals surface area contributed by atoms with Crippen LogP contribution in [0.4, 0.5) is 0 Å². The summed E-state index contributed by atoms with van der Waals surface area (Å²) in [5.41, 5.74) is 2.94. The topological polar surface area (TPSA) is 102 Å². The Labute approximate surface area is 131 Å². The molecule has 9 heteroatoms. The van der Waals surface area contributed by atoms with Gasteiger partial charge in [-0.25, -0.2) is 4.98 Å². The Balaban J connectivity index is 2.00. The number of hydrogen-bond donors (Lipinski definition) is 2. The lowest BCUT2D eigenvalue weighted by molar-refractivity contribution is 0.0660. The van der Waals surface area contributed by atoms with E-state index in [-0.39, 0.29) is 12.4 Å². The molecule has 0 spiro atoms. The van der Waals surface area contributed by atoms with E-state index in [0.717, 1.165) is 0 Å². The van der Waals surface area contributed by atoms with Crippen LogP contribution in [0, 0.1) is 0 Å². The summed E-state index contributed by atoms with van der Waals surface area (Å²) in [6, 6.07) is 1.31. The van der Waals surface area contributed by atoms with Crippen molar-refractivity contribution in [3.8, 4) is 5.75 Å². The number of carbonyl (C=O) groups excluding carboxylic acids is 1. The number of aromatic nitrogens is 3. The van der Waals surface area contributed by atoms with Crippen molar-refractivity contribution in [2.45, 2.75) is 6.54 Å². The summed E-state index contributed by atoms with van der Waals surface area (Å²) in [7, 11) is 1.54. The number of nitrogens with zero attached hydrogens (tertiary/aromatic N) is 4. The van der Waals surface area contributed by atoms with Crippen LogP contribution in [-0.2, 0) is 11.3 Å². The summed E-state index contributed by atoms with van der Waals surface area (Å²) in [6.07, 6.45) is 4.99. The first-order valence-electron chi connectivity index (χ1n) is 7.07. The molecule has 0 aliphatic carbocycles. The second-order valence-corrected chi connectivity index (χ2v) is 5.15. The first-order chi connectivity index (χ1) is 11.1.